The Labute approximate surface area is 176 Å². The van der Waals surface area contributed by atoms with Crippen molar-refractivity contribution in [2.24, 2.45) is 17.8 Å². The Hall–Kier alpha value is -0.820. The lowest BCUT2D eigenvalue weighted by atomic mass is 9.93. The molecule has 4 rings (SSSR count). The SMILES string of the molecule is O=C(N[C@H]1C[C@@H]2CC[C@@H]1C2)C1CCN(S(=O)(=O)Cc2ccc(Cl)c(Cl)c2)CC1. The first-order valence-corrected chi connectivity index (χ1v) is 12.4. The van der Waals surface area contributed by atoms with E-state index in [0.717, 1.165) is 12.3 Å². The second kappa shape index (κ2) is 8.13. The molecule has 2 bridgehead atoms. The predicted molar refractivity (Wildman–Crippen MR) is 111 cm³/mol. The van der Waals surface area contributed by atoms with Crippen LogP contribution < -0.4 is 5.32 Å². The number of piperidine rings is 1. The summed E-state index contributed by atoms with van der Waals surface area (Å²) in [6.07, 6.45) is 6.08. The van der Waals surface area contributed by atoms with Gasteiger partial charge in [0, 0.05) is 25.0 Å². The molecule has 2 aliphatic carbocycles. The quantitative estimate of drug-likeness (QED) is 0.749. The molecular formula is C20H26Cl2N2O3S. The van der Waals surface area contributed by atoms with Crippen molar-refractivity contribution in [3.05, 3.63) is 33.8 Å². The number of hydrogen-bond donors (Lipinski definition) is 1. The first-order valence-electron chi connectivity index (χ1n) is 10.0. The Bertz CT molecular complexity index is 853. The van der Waals surface area contributed by atoms with Gasteiger partial charge in [-0.2, -0.15) is 0 Å². The number of fused-ring (bicyclic) bond motifs is 2. The molecule has 1 heterocycles. The van der Waals surface area contributed by atoms with Crippen LogP contribution in [0.5, 0.6) is 0 Å². The van der Waals surface area contributed by atoms with E-state index in [1.807, 2.05) is 0 Å². The van der Waals surface area contributed by atoms with Crippen LogP contribution in [0.15, 0.2) is 18.2 Å². The number of hydrogen-bond acceptors (Lipinski definition) is 3. The second-order valence-electron chi connectivity index (χ2n) is 8.47. The molecule has 2 saturated carbocycles. The Morgan fingerprint density at radius 2 is 1.82 bits per heavy atom. The lowest BCUT2D eigenvalue weighted by Gasteiger charge is -2.32. The van der Waals surface area contributed by atoms with Crippen LogP contribution in [0, 0.1) is 17.8 Å². The molecular weight excluding hydrogens is 419 g/mol. The minimum Gasteiger partial charge on any atom is -0.353 e. The zero-order valence-electron chi connectivity index (χ0n) is 15.7. The number of amides is 1. The van der Waals surface area contributed by atoms with Crippen LogP contribution in [0.2, 0.25) is 10.0 Å². The van der Waals surface area contributed by atoms with Crippen molar-refractivity contribution in [1.82, 2.24) is 9.62 Å². The topological polar surface area (TPSA) is 66.5 Å². The maximum Gasteiger partial charge on any atom is 0.223 e. The third kappa shape index (κ3) is 4.35. The van der Waals surface area contributed by atoms with Gasteiger partial charge in [0.2, 0.25) is 15.9 Å². The highest BCUT2D eigenvalue weighted by molar-refractivity contribution is 7.88. The summed E-state index contributed by atoms with van der Waals surface area (Å²) in [7, 11) is -3.44. The summed E-state index contributed by atoms with van der Waals surface area (Å²) in [5.74, 6) is 1.37. The summed E-state index contributed by atoms with van der Waals surface area (Å²) >= 11 is 11.9. The number of carbonyl (C=O) groups excluding carboxylic acids is 1. The first kappa shape index (κ1) is 20.5. The van der Waals surface area contributed by atoms with Gasteiger partial charge in [0.15, 0.2) is 0 Å². The van der Waals surface area contributed by atoms with Crippen LogP contribution in [0.25, 0.3) is 0 Å². The van der Waals surface area contributed by atoms with Crippen LogP contribution in [0.4, 0.5) is 0 Å². The minimum atomic E-state index is -3.44. The lowest BCUT2D eigenvalue weighted by molar-refractivity contribution is -0.127. The van der Waals surface area contributed by atoms with Crippen LogP contribution in [0.1, 0.15) is 44.1 Å². The molecule has 5 nitrogen and oxygen atoms in total. The van der Waals surface area contributed by atoms with Gasteiger partial charge in [0.25, 0.3) is 0 Å². The van der Waals surface area contributed by atoms with Gasteiger partial charge in [0.1, 0.15) is 0 Å². The fourth-order valence-electron chi connectivity index (χ4n) is 5.05. The van der Waals surface area contributed by atoms with Crippen LogP contribution in [-0.2, 0) is 20.6 Å². The number of halogens is 2. The molecule has 1 saturated heterocycles. The molecule has 1 aliphatic heterocycles. The smallest absolute Gasteiger partial charge is 0.223 e. The zero-order valence-corrected chi connectivity index (χ0v) is 18.1. The average molecular weight is 445 g/mol. The number of sulfonamides is 1. The van der Waals surface area contributed by atoms with Crippen LogP contribution >= 0.6 is 23.2 Å². The number of nitrogens with zero attached hydrogens (tertiary/aromatic N) is 1. The molecule has 0 radical (unpaired) electrons. The Morgan fingerprint density at radius 1 is 1.07 bits per heavy atom. The first-order chi connectivity index (χ1) is 13.3. The van der Waals surface area contributed by atoms with Gasteiger partial charge >= 0.3 is 0 Å². The summed E-state index contributed by atoms with van der Waals surface area (Å²) in [5.41, 5.74) is 0.616. The summed E-state index contributed by atoms with van der Waals surface area (Å²) < 4.78 is 27.0. The number of benzene rings is 1. The number of rotatable bonds is 5. The lowest BCUT2D eigenvalue weighted by Crippen LogP contribution is -2.46. The average Bonchev–Trinajstić information content (AvgIpc) is 3.28. The standard InChI is InChI=1S/C20H26Cl2N2O3S/c21-17-4-2-14(10-18(17)22)12-28(26,27)24-7-5-15(6-8-24)20(25)23-19-11-13-1-3-16(19)9-13/h2,4,10,13,15-16,19H,1,3,5-9,11-12H2,(H,23,25)/t13-,16-,19+/m1/s1. The number of carbonyl (C=O) groups is 1. The molecule has 28 heavy (non-hydrogen) atoms. The van der Waals surface area contributed by atoms with E-state index in [9.17, 15) is 13.2 Å². The van der Waals surface area contributed by atoms with Crippen molar-refractivity contribution < 1.29 is 13.2 Å². The molecule has 0 spiro atoms. The molecule has 1 amide bonds. The van der Waals surface area contributed by atoms with Gasteiger partial charge in [-0.3, -0.25) is 4.79 Å². The van der Waals surface area contributed by atoms with E-state index in [2.05, 4.69) is 5.32 Å². The van der Waals surface area contributed by atoms with E-state index < -0.39 is 10.0 Å². The van der Waals surface area contributed by atoms with Gasteiger partial charge in [-0.25, -0.2) is 12.7 Å². The summed E-state index contributed by atoms with van der Waals surface area (Å²) in [6.45, 7) is 0.775. The molecule has 1 aromatic rings. The van der Waals surface area contributed by atoms with Crippen molar-refractivity contribution in [3.63, 3.8) is 0 Å². The molecule has 1 N–H and O–H groups in total. The molecule has 3 fully saturated rings. The minimum absolute atomic E-state index is 0.0875. The van der Waals surface area contributed by atoms with E-state index in [-0.39, 0.29) is 17.6 Å². The zero-order chi connectivity index (χ0) is 19.9. The summed E-state index contributed by atoms with van der Waals surface area (Å²) in [6, 6.07) is 5.22. The molecule has 3 aliphatic rings. The monoisotopic (exact) mass is 444 g/mol. The molecule has 8 heteroatoms. The Kier molecular flexibility index (Phi) is 5.94. The normalized spacial score (nSPS) is 28.6. The van der Waals surface area contributed by atoms with Crippen molar-refractivity contribution >= 4 is 39.1 Å². The van der Waals surface area contributed by atoms with E-state index in [4.69, 9.17) is 23.2 Å². The van der Waals surface area contributed by atoms with Crippen molar-refractivity contribution in [2.75, 3.05) is 13.1 Å². The van der Waals surface area contributed by atoms with Gasteiger partial charge in [-0.15, -0.1) is 0 Å². The highest BCUT2D eigenvalue weighted by Crippen LogP contribution is 2.44. The molecule has 154 valence electrons. The van der Waals surface area contributed by atoms with Gasteiger partial charge in [-0.05, 0) is 61.6 Å². The van der Waals surface area contributed by atoms with E-state index in [1.165, 1.54) is 23.6 Å². The molecule has 1 aromatic carbocycles. The largest absolute Gasteiger partial charge is 0.353 e. The Morgan fingerprint density at radius 3 is 2.43 bits per heavy atom. The summed E-state index contributed by atoms with van der Waals surface area (Å²) in [4.78, 5) is 12.6. The third-order valence-electron chi connectivity index (χ3n) is 6.62. The summed E-state index contributed by atoms with van der Waals surface area (Å²) in [5, 5.41) is 4.01. The third-order valence-corrected chi connectivity index (χ3v) is 9.21. The van der Waals surface area contributed by atoms with Crippen molar-refractivity contribution in [3.8, 4) is 0 Å². The van der Waals surface area contributed by atoms with Gasteiger partial charge < -0.3 is 5.32 Å². The fraction of sp³-hybridized carbons (Fsp3) is 0.650. The Balaban J connectivity index is 1.30. The van der Waals surface area contributed by atoms with E-state index >= 15 is 0 Å². The second-order valence-corrected chi connectivity index (χ2v) is 11.3. The maximum atomic E-state index is 12.7. The van der Waals surface area contributed by atoms with Gasteiger partial charge in [-0.1, -0.05) is 35.7 Å². The van der Waals surface area contributed by atoms with E-state index in [0.29, 0.717) is 53.5 Å². The van der Waals surface area contributed by atoms with Crippen molar-refractivity contribution in [2.45, 2.75) is 50.3 Å². The van der Waals surface area contributed by atoms with Gasteiger partial charge in [0.05, 0.1) is 15.8 Å². The van der Waals surface area contributed by atoms with E-state index in [1.54, 1.807) is 18.2 Å². The molecule has 0 unspecified atom stereocenters. The maximum absolute atomic E-state index is 12.7. The van der Waals surface area contributed by atoms with Crippen LogP contribution in [0.3, 0.4) is 0 Å². The number of nitrogens with one attached hydrogen (secondary N) is 1. The predicted octanol–water partition coefficient (Wildman–Crippen LogP) is 3.84. The fourth-order valence-corrected chi connectivity index (χ4v) is 6.92. The molecule has 3 atom stereocenters. The van der Waals surface area contributed by atoms with Crippen LogP contribution in [-0.4, -0.2) is 37.8 Å². The van der Waals surface area contributed by atoms with Crippen molar-refractivity contribution in [1.29, 1.82) is 0 Å². The highest BCUT2D eigenvalue weighted by atomic mass is 35.5. The highest BCUT2D eigenvalue weighted by Gasteiger charge is 2.41. The molecule has 0 aromatic heterocycles.